The van der Waals surface area contributed by atoms with Gasteiger partial charge in [0.2, 0.25) is 5.69 Å². The zero-order valence-electron chi connectivity index (χ0n) is 17.9. The van der Waals surface area contributed by atoms with Crippen LogP contribution in [0.1, 0.15) is 67.3 Å². The molecule has 0 N–H and O–H groups in total. The van der Waals surface area contributed by atoms with Crippen LogP contribution in [0.3, 0.4) is 0 Å². The van der Waals surface area contributed by atoms with Crippen LogP contribution < -0.4 is 4.57 Å². The summed E-state index contributed by atoms with van der Waals surface area (Å²) in [5.41, 5.74) is 9.50. The van der Waals surface area contributed by atoms with Crippen LogP contribution in [0.15, 0.2) is 36.4 Å². The van der Waals surface area contributed by atoms with Crippen molar-refractivity contribution in [3.8, 4) is 11.3 Å². The molecular formula is C26H30N+. The summed E-state index contributed by atoms with van der Waals surface area (Å²) in [7, 11) is 2.12. The molecule has 1 nitrogen and oxygen atoms in total. The van der Waals surface area contributed by atoms with E-state index in [1.807, 2.05) is 0 Å². The van der Waals surface area contributed by atoms with Crippen LogP contribution in [-0.2, 0) is 19.9 Å². The van der Waals surface area contributed by atoms with E-state index in [9.17, 15) is 0 Å². The molecule has 2 aliphatic rings. The van der Waals surface area contributed by atoms with Gasteiger partial charge in [0.1, 0.15) is 7.05 Å². The highest BCUT2D eigenvalue weighted by Crippen LogP contribution is 2.38. The van der Waals surface area contributed by atoms with E-state index >= 15 is 0 Å². The SMILES string of the molecule is [2H]c1c(C)[n+](C)c(-c2cc3c(cc2C)CCC3)c2ccc(C3CCCC3)cc12. The van der Waals surface area contributed by atoms with E-state index in [-0.39, 0.29) is 0 Å². The van der Waals surface area contributed by atoms with Gasteiger partial charge in [-0.1, -0.05) is 31.0 Å². The quantitative estimate of drug-likeness (QED) is 0.488. The number of aryl methyl sites for hydroxylation is 3. The van der Waals surface area contributed by atoms with Gasteiger partial charge < -0.3 is 0 Å². The third-order valence-corrected chi connectivity index (χ3v) is 6.97. The lowest BCUT2D eigenvalue weighted by molar-refractivity contribution is -0.665. The van der Waals surface area contributed by atoms with Gasteiger partial charge in [0.25, 0.3) is 0 Å². The number of benzene rings is 2. The Hall–Kier alpha value is -2.15. The highest BCUT2D eigenvalue weighted by Gasteiger charge is 2.24. The van der Waals surface area contributed by atoms with Crippen molar-refractivity contribution in [1.82, 2.24) is 0 Å². The second kappa shape index (κ2) is 6.48. The third kappa shape index (κ3) is 2.79. The Bertz CT molecular complexity index is 1090. The van der Waals surface area contributed by atoms with Gasteiger partial charge in [-0.05, 0) is 84.7 Å². The Morgan fingerprint density at radius 3 is 2.48 bits per heavy atom. The number of rotatable bonds is 2. The molecule has 2 aliphatic carbocycles. The van der Waals surface area contributed by atoms with Gasteiger partial charge in [0.15, 0.2) is 5.69 Å². The summed E-state index contributed by atoms with van der Waals surface area (Å²) < 4.78 is 11.1. The summed E-state index contributed by atoms with van der Waals surface area (Å²) in [6.45, 7) is 4.34. The van der Waals surface area contributed by atoms with E-state index in [0.29, 0.717) is 12.0 Å². The monoisotopic (exact) mass is 357 g/mol. The predicted molar refractivity (Wildman–Crippen MR) is 113 cm³/mol. The van der Waals surface area contributed by atoms with Crippen molar-refractivity contribution in [3.05, 3.63) is 64.3 Å². The van der Waals surface area contributed by atoms with E-state index < -0.39 is 0 Å². The summed E-state index contributed by atoms with van der Waals surface area (Å²) >= 11 is 0. The van der Waals surface area contributed by atoms with Crippen molar-refractivity contribution in [2.24, 2.45) is 7.05 Å². The second-order valence-corrected chi connectivity index (χ2v) is 8.69. The van der Waals surface area contributed by atoms with Crippen molar-refractivity contribution in [2.45, 2.75) is 64.7 Å². The van der Waals surface area contributed by atoms with Gasteiger partial charge in [-0.2, -0.15) is 4.57 Å². The highest BCUT2D eigenvalue weighted by molar-refractivity contribution is 5.94. The number of pyridine rings is 1. The lowest BCUT2D eigenvalue weighted by atomic mass is 9.91. The molecule has 1 aromatic heterocycles. The molecule has 0 aliphatic heterocycles. The van der Waals surface area contributed by atoms with E-state index in [4.69, 9.17) is 1.37 Å². The minimum atomic E-state index is 0.680. The van der Waals surface area contributed by atoms with Crippen molar-refractivity contribution in [3.63, 3.8) is 0 Å². The Labute approximate surface area is 164 Å². The molecule has 1 heterocycles. The number of fused-ring (bicyclic) bond motifs is 2. The number of aromatic nitrogens is 1. The van der Waals surface area contributed by atoms with Gasteiger partial charge in [0.05, 0.1) is 12.3 Å². The molecule has 138 valence electrons. The molecule has 3 aromatic rings. The smallest absolute Gasteiger partial charge is 0.198 e. The molecule has 27 heavy (non-hydrogen) atoms. The minimum absolute atomic E-state index is 0.680. The van der Waals surface area contributed by atoms with Crippen LogP contribution in [0.2, 0.25) is 0 Å². The topological polar surface area (TPSA) is 3.88 Å². The van der Waals surface area contributed by atoms with Gasteiger partial charge in [-0.3, -0.25) is 0 Å². The van der Waals surface area contributed by atoms with Crippen LogP contribution in [0.4, 0.5) is 0 Å². The summed E-state index contributed by atoms with van der Waals surface area (Å²) in [6, 6.07) is 12.5. The Balaban J connectivity index is 1.77. The van der Waals surface area contributed by atoms with Gasteiger partial charge in [-0.15, -0.1) is 0 Å². The maximum absolute atomic E-state index is 8.81. The normalized spacial score (nSPS) is 17.5. The highest BCUT2D eigenvalue weighted by atomic mass is 14.9. The van der Waals surface area contributed by atoms with Crippen LogP contribution in [0.25, 0.3) is 22.0 Å². The maximum atomic E-state index is 8.81. The number of nitrogens with zero attached hydrogens (tertiary/aromatic N) is 1. The molecule has 0 atom stereocenters. The summed E-state index contributed by atoms with van der Waals surface area (Å²) in [5.74, 6) is 0.684. The van der Waals surface area contributed by atoms with Crippen LogP contribution in [0, 0.1) is 13.8 Å². The molecule has 0 saturated heterocycles. The summed E-state index contributed by atoms with van der Waals surface area (Å²) in [5, 5.41) is 2.34. The summed E-state index contributed by atoms with van der Waals surface area (Å²) in [6.07, 6.45) is 8.99. The lowest BCUT2D eigenvalue weighted by Crippen LogP contribution is -2.35. The molecule has 1 heteroatoms. The predicted octanol–water partition coefficient (Wildman–Crippen LogP) is 6.09. The van der Waals surface area contributed by atoms with Crippen LogP contribution in [-0.4, -0.2) is 0 Å². The molecule has 1 saturated carbocycles. The minimum Gasteiger partial charge on any atom is -0.198 e. The van der Waals surface area contributed by atoms with Crippen molar-refractivity contribution in [1.29, 1.82) is 0 Å². The molecule has 5 rings (SSSR count). The first-order valence-corrected chi connectivity index (χ1v) is 10.6. The molecule has 1 fully saturated rings. The fourth-order valence-electron chi connectivity index (χ4n) is 5.34. The third-order valence-electron chi connectivity index (χ3n) is 6.97. The molecular weight excluding hydrogens is 326 g/mol. The zero-order chi connectivity index (χ0) is 19.4. The van der Waals surface area contributed by atoms with E-state index in [0.717, 1.165) is 11.1 Å². The zero-order valence-corrected chi connectivity index (χ0v) is 16.9. The first-order chi connectivity index (χ1) is 13.5. The lowest BCUT2D eigenvalue weighted by Gasteiger charge is -2.14. The van der Waals surface area contributed by atoms with Crippen molar-refractivity contribution < 1.29 is 5.94 Å². The van der Waals surface area contributed by atoms with Crippen LogP contribution in [0.5, 0.6) is 0 Å². The van der Waals surface area contributed by atoms with Crippen molar-refractivity contribution in [2.75, 3.05) is 0 Å². The average molecular weight is 358 g/mol. The molecule has 0 unspecified atom stereocenters. The Morgan fingerprint density at radius 1 is 0.963 bits per heavy atom. The average Bonchev–Trinajstić information content (AvgIpc) is 3.38. The van der Waals surface area contributed by atoms with Gasteiger partial charge >= 0.3 is 0 Å². The van der Waals surface area contributed by atoms with Gasteiger partial charge in [-0.25, -0.2) is 0 Å². The summed E-state index contributed by atoms with van der Waals surface area (Å²) in [4.78, 5) is 0. The largest absolute Gasteiger partial charge is 0.220 e. The molecule has 0 radical (unpaired) electrons. The van der Waals surface area contributed by atoms with Gasteiger partial charge in [0, 0.05) is 13.0 Å². The van der Waals surface area contributed by atoms with E-state index in [2.05, 4.69) is 55.8 Å². The first-order valence-electron chi connectivity index (χ1n) is 11.1. The van der Waals surface area contributed by atoms with Crippen LogP contribution >= 0.6 is 0 Å². The fraction of sp³-hybridized carbons (Fsp3) is 0.423. The molecule has 0 bridgehead atoms. The maximum Gasteiger partial charge on any atom is 0.220 e. The fourth-order valence-corrected chi connectivity index (χ4v) is 5.34. The standard InChI is InChI=1S/C26H30N/c1-17-13-20-9-6-10-21(20)16-25(17)26-24-12-11-22(19-7-4-5-8-19)15-23(24)14-18(2)27(26)3/h11-16,19H,4-10H2,1-3H3/q+1/i14D. The van der Waals surface area contributed by atoms with E-state index in [1.54, 1.807) is 0 Å². The molecule has 2 aromatic carbocycles. The van der Waals surface area contributed by atoms with E-state index in [1.165, 1.54) is 83.8 Å². The number of hydrogen-bond acceptors (Lipinski definition) is 0. The first kappa shape index (κ1) is 15.9. The Morgan fingerprint density at radius 2 is 1.70 bits per heavy atom. The molecule has 0 spiro atoms. The molecule has 0 amide bonds. The Kier molecular flexibility index (Phi) is 3.81. The van der Waals surface area contributed by atoms with Crippen molar-refractivity contribution >= 4 is 10.8 Å². The number of hydrogen-bond donors (Lipinski definition) is 0. The second-order valence-electron chi connectivity index (χ2n) is 8.69.